The van der Waals surface area contributed by atoms with Crippen molar-refractivity contribution in [3.8, 4) is 17.0 Å². The van der Waals surface area contributed by atoms with Gasteiger partial charge in [0, 0.05) is 41.3 Å². The highest BCUT2D eigenvalue weighted by Gasteiger charge is 2.24. The van der Waals surface area contributed by atoms with Crippen LogP contribution in [0.3, 0.4) is 0 Å². The Morgan fingerprint density at radius 3 is 2.30 bits per heavy atom. The number of hydrogen-bond donors (Lipinski definition) is 1. The van der Waals surface area contributed by atoms with Gasteiger partial charge in [0.1, 0.15) is 29.9 Å². The van der Waals surface area contributed by atoms with E-state index in [9.17, 15) is 9.90 Å². The number of carbonyl (C=O) groups is 1. The topological polar surface area (TPSA) is 75.8 Å². The van der Waals surface area contributed by atoms with Gasteiger partial charge in [-0.2, -0.15) is 0 Å². The quantitative estimate of drug-likeness (QED) is 0.144. The van der Waals surface area contributed by atoms with E-state index in [2.05, 4.69) is 5.16 Å². The standard InChI is InChI=1S/C35H31Cl3N2O4/c1-21(2)35-27(32(39-44-35)31-28(36)13-8-14-29(31)37)20-43-26-16-15-24(30(38)18-26)19-40(3)25-12-7-11-23(17-25)34(42)33(41)22-9-5-4-6-10-22/h4-18,21,34,42H,19-20H2,1-3H3. The van der Waals surface area contributed by atoms with Gasteiger partial charge in [-0.3, -0.25) is 4.79 Å². The van der Waals surface area contributed by atoms with Crippen molar-refractivity contribution in [3.05, 3.63) is 134 Å². The molecule has 0 aliphatic rings. The number of halogens is 3. The summed E-state index contributed by atoms with van der Waals surface area (Å²) in [5.74, 6) is 0.989. The zero-order valence-corrected chi connectivity index (χ0v) is 26.7. The number of rotatable bonds is 11. The summed E-state index contributed by atoms with van der Waals surface area (Å²) in [5, 5.41) is 16.5. The number of aliphatic hydroxyl groups excluding tert-OH is 1. The Kier molecular flexibility index (Phi) is 9.97. The average molecular weight is 650 g/mol. The zero-order valence-electron chi connectivity index (χ0n) is 24.4. The number of Topliss-reactive ketones (excluding diaryl/α,β-unsaturated/α-hetero) is 1. The highest BCUT2D eigenvalue weighted by atomic mass is 35.5. The summed E-state index contributed by atoms with van der Waals surface area (Å²) < 4.78 is 11.8. The normalized spacial score (nSPS) is 11.9. The summed E-state index contributed by atoms with van der Waals surface area (Å²) in [5.41, 5.74) is 4.60. The molecule has 5 rings (SSSR count). The molecule has 5 aromatic rings. The molecule has 0 saturated carbocycles. The second kappa shape index (κ2) is 13.9. The molecule has 0 bridgehead atoms. The maximum atomic E-state index is 12.8. The Labute approximate surface area is 271 Å². The van der Waals surface area contributed by atoms with Crippen molar-refractivity contribution in [2.75, 3.05) is 11.9 Å². The van der Waals surface area contributed by atoms with Gasteiger partial charge in [-0.05, 0) is 47.5 Å². The molecule has 1 aromatic heterocycles. The van der Waals surface area contributed by atoms with Gasteiger partial charge < -0.3 is 19.3 Å². The largest absolute Gasteiger partial charge is 0.489 e. The summed E-state index contributed by atoms with van der Waals surface area (Å²) in [6.07, 6.45) is -1.26. The molecule has 0 saturated heterocycles. The van der Waals surface area contributed by atoms with E-state index in [1.54, 1.807) is 54.6 Å². The number of ketones is 1. The fraction of sp³-hybridized carbons (Fsp3) is 0.200. The third-order valence-corrected chi connectivity index (χ3v) is 8.27. The van der Waals surface area contributed by atoms with E-state index in [0.717, 1.165) is 16.8 Å². The van der Waals surface area contributed by atoms with Crippen molar-refractivity contribution >= 4 is 46.3 Å². The molecule has 0 aliphatic carbocycles. The van der Waals surface area contributed by atoms with E-state index in [1.165, 1.54) is 0 Å². The average Bonchev–Trinajstić information content (AvgIpc) is 3.44. The Bertz CT molecular complexity index is 1750. The Balaban J connectivity index is 1.29. The number of aromatic nitrogens is 1. The van der Waals surface area contributed by atoms with Gasteiger partial charge in [0.05, 0.1) is 15.6 Å². The Morgan fingerprint density at radius 2 is 1.61 bits per heavy atom. The van der Waals surface area contributed by atoms with E-state index in [1.807, 2.05) is 62.2 Å². The minimum Gasteiger partial charge on any atom is -0.489 e. The lowest BCUT2D eigenvalue weighted by Gasteiger charge is -2.22. The highest BCUT2D eigenvalue weighted by molar-refractivity contribution is 6.39. The number of anilines is 1. The molecular weight excluding hydrogens is 619 g/mol. The van der Waals surface area contributed by atoms with Crippen molar-refractivity contribution in [1.29, 1.82) is 0 Å². The molecule has 0 aliphatic heterocycles. The first-order valence-electron chi connectivity index (χ1n) is 14.1. The SMILES string of the molecule is CC(C)c1onc(-c2c(Cl)cccc2Cl)c1COc1ccc(CN(C)c2cccc(C(O)C(=O)c3ccccc3)c2)c(Cl)c1. The smallest absolute Gasteiger partial charge is 0.195 e. The lowest BCUT2D eigenvalue weighted by molar-refractivity contribution is 0.0747. The van der Waals surface area contributed by atoms with Gasteiger partial charge in [0.2, 0.25) is 0 Å². The number of ether oxygens (including phenoxy) is 1. The first-order valence-corrected chi connectivity index (χ1v) is 15.2. The summed E-state index contributed by atoms with van der Waals surface area (Å²) in [6, 6.07) is 26.9. The third-order valence-electron chi connectivity index (χ3n) is 7.29. The van der Waals surface area contributed by atoms with Crippen LogP contribution in [0, 0.1) is 0 Å². The van der Waals surface area contributed by atoms with Crippen LogP contribution >= 0.6 is 34.8 Å². The number of benzene rings is 4. The van der Waals surface area contributed by atoms with E-state index in [4.69, 9.17) is 44.1 Å². The van der Waals surface area contributed by atoms with Crippen molar-refractivity contribution in [1.82, 2.24) is 5.16 Å². The second-order valence-corrected chi connectivity index (χ2v) is 12.0. The van der Waals surface area contributed by atoms with Crippen molar-refractivity contribution < 1.29 is 19.2 Å². The van der Waals surface area contributed by atoms with E-state index in [0.29, 0.717) is 55.5 Å². The number of nitrogens with zero attached hydrogens (tertiary/aromatic N) is 2. The molecule has 44 heavy (non-hydrogen) atoms. The lowest BCUT2D eigenvalue weighted by Crippen LogP contribution is -2.18. The van der Waals surface area contributed by atoms with Crippen LogP contribution in [0.15, 0.2) is 95.5 Å². The van der Waals surface area contributed by atoms with Crippen LogP contribution in [-0.2, 0) is 13.2 Å². The van der Waals surface area contributed by atoms with Crippen LogP contribution in [0.1, 0.15) is 58.7 Å². The van der Waals surface area contributed by atoms with Gasteiger partial charge in [-0.15, -0.1) is 0 Å². The molecule has 1 N–H and O–H groups in total. The maximum Gasteiger partial charge on any atom is 0.195 e. The van der Waals surface area contributed by atoms with Crippen molar-refractivity contribution in [2.24, 2.45) is 0 Å². The van der Waals surface area contributed by atoms with Crippen LogP contribution in [0.25, 0.3) is 11.3 Å². The van der Waals surface area contributed by atoms with Gasteiger partial charge in [-0.25, -0.2) is 0 Å². The van der Waals surface area contributed by atoms with Crippen LogP contribution in [0.2, 0.25) is 15.1 Å². The van der Waals surface area contributed by atoms with Gasteiger partial charge in [0.25, 0.3) is 0 Å². The summed E-state index contributed by atoms with van der Waals surface area (Å²) in [6.45, 7) is 4.70. The summed E-state index contributed by atoms with van der Waals surface area (Å²) >= 11 is 19.7. The number of hydrogen-bond acceptors (Lipinski definition) is 6. The minimum atomic E-state index is -1.26. The summed E-state index contributed by atoms with van der Waals surface area (Å²) in [7, 11) is 1.92. The molecule has 0 radical (unpaired) electrons. The highest BCUT2D eigenvalue weighted by Crippen LogP contribution is 2.39. The molecule has 226 valence electrons. The fourth-order valence-electron chi connectivity index (χ4n) is 4.93. The molecule has 9 heteroatoms. The minimum absolute atomic E-state index is 0.0636. The van der Waals surface area contributed by atoms with Crippen LogP contribution in [-0.4, -0.2) is 23.1 Å². The monoisotopic (exact) mass is 648 g/mol. The first kappa shape index (κ1) is 31.6. The molecule has 4 aromatic carbocycles. The van der Waals surface area contributed by atoms with Gasteiger partial charge in [0.15, 0.2) is 5.78 Å². The first-order chi connectivity index (χ1) is 21.1. The van der Waals surface area contributed by atoms with Crippen molar-refractivity contribution in [2.45, 2.75) is 39.0 Å². The molecule has 1 atom stereocenters. The van der Waals surface area contributed by atoms with Crippen LogP contribution in [0.4, 0.5) is 5.69 Å². The predicted molar refractivity (Wildman–Crippen MR) is 176 cm³/mol. The maximum absolute atomic E-state index is 12.8. The van der Waals surface area contributed by atoms with E-state index < -0.39 is 6.10 Å². The zero-order chi connectivity index (χ0) is 31.4. The fourth-order valence-corrected chi connectivity index (χ4v) is 5.73. The molecule has 0 fully saturated rings. The molecule has 0 spiro atoms. The van der Waals surface area contributed by atoms with Gasteiger partial charge in [-0.1, -0.05) is 108 Å². The van der Waals surface area contributed by atoms with E-state index >= 15 is 0 Å². The van der Waals surface area contributed by atoms with Crippen LogP contribution < -0.4 is 9.64 Å². The molecule has 6 nitrogen and oxygen atoms in total. The second-order valence-electron chi connectivity index (χ2n) is 10.8. The summed E-state index contributed by atoms with van der Waals surface area (Å²) in [4.78, 5) is 14.8. The Hall–Kier alpha value is -3.81. The molecular formula is C35H31Cl3N2O4. The van der Waals surface area contributed by atoms with E-state index in [-0.39, 0.29) is 18.3 Å². The molecule has 1 heterocycles. The van der Waals surface area contributed by atoms with Crippen LogP contribution in [0.5, 0.6) is 5.75 Å². The third kappa shape index (κ3) is 6.95. The lowest BCUT2D eigenvalue weighted by atomic mass is 9.99. The number of carbonyl (C=O) groups excluding carboxylic acids is 1. The number of aliphatic hydroxyl groups is 1. The predicted octanol–water partition coefficient (Wildman–Crippen LogP) is 9.56. The molecule has 0 amide bonds. The van der Waals surface area contributed by atoms with Crippen molar-refractivity contribution in [3.63, 3.8) is 0 Å². The molecule has 1 unspecified atom stereocenters. The van der Waals surface area contributed by atoms with Gasteiger partial charge >= 0.3 is 0 Å². The Morgan fingerprint density at radius 1 is 0.909 bits per heavy atom.